The first-order chi connectivity index (χ1) is 5.43. The molecule has 0 aliphatic carbocycles. The van der Waals surface area contributed by atoms with Crippen LogP contribution in [0.4, 0.5) is 0 Å². The number of nitrogens with zero attached hydrogens (tertiary/aromatic N) is 2. The Morgan fingerprint density at radius 1 is 1.33 bits per heavy atom. The standard InChI is InChI=1S/C9H13BrN2/c1-6-5-11-12-8(10)7(6)9(2,3)4/h5H,1-4H3. The summed E-state index contributed by atoms with van der Waals surface area (Å²) in [7, 11) is 0. The lowest BCUT2D eigenvalue weighted by Gasteiger charge is -2.21. The SMILES string of the molecule is Cc1cnnc(Br)c1C(C)(C)C. The third kappa shape index (κ3) is 1.83. The highest BCUT2D eigenvalue weighted by Crippen LogP contribution is 2.29. The maximum atomic E-state index is 3.97. The van der Waals surface area contributed by atoms with Crippen LogP contribution in [0, 0.1) is 6.92 Å². The summed E-state index contributed by atoms with van der Waals surface area (Å²) >= 11 is 3.41. The molecule has 0 N–H and O–H groups in total. The minimum absolute atomic E-state index is 0.124. The van der Waals surface area contributed by atoms with E-state index in [4.69, 9.17) is 0 Å². The number of aromatic nitrogens is 2. The molecule has 0 unspecified atom stereocenters. The summed E-state index contributed by atoms with van der Waals surface area (Å²) in [5, 5.41) is 7.83. The summed E-state index contributed by atoms with van der Waals surface area (Å²) in [5.74, 6) is 0. The molecule has 0 bridgehead atoms. The number of rotatable bonds is 0. The van der Waals surface area contributed by atoms with Crippen LogP contribution in [0.1, 0.15) is 31.9 Å². The summed E-state index contributed by atoms with van der Waals surface area (Å²) in [5.41, 5.74) is 2.54. The minimum atomic E-state index is 0.124. The average molecular weight is 229 g/mol. The van der Waals surface area contributed by atoms with Gasteiger partial charge in [-0.25, -0.2) is 0 Å². The minimum Gasteiger partial charge on any atom is -0.158 e. The van der Waals surface area contributed by atoms with Gasteiger partial charge in [0.2, 0.25) is 0 Å². The topological polar surface area (TPSA) is 25.8 Å². The van der Waals surface area contributed by atoms with Crippen molar-refractivity contribution in [3.05, 3.63) is 21.9 Å². The Kier molecular flexibility index (Phi) is 2.52. The fourth-order valence-electron chi connectivity index (χ4n) is 1.34. The van der Waals surface area contributed by atoms with Crippen LogP contribution in [0.2, 0.25) is 0 Å². The largest absolute Gasteiger partial charge is 0.158 e. The van der Waals surface area contributed by atoms with Crippen LogP contribution in [-0.2, 0) is 5.41 Å². The predicted molar refractivity (Wildman–Crippen MR) is 53.2 cm³/mol. The van der Waals surface area contributed by atoms with E-state index in [1.54, 1.807) is 6.20 Å². The van der Waals surface area contributed by atoms with Gasteiger partial charge in [-0.3, -0.25) is 0 Å². The highest BCUT2D eigenvalue weighted by molar-refractivity contribution is 9.10. The fourth-order valence-corrected chi connectivity index (χ4v) is 2.34. The van der Waals surface area contributed by atoms with Gasteiger partial charge >= 0.3 is 0 Å². The molecule has 1 aromatic heterocycles. The Morgan fingerprint density at radius 2 is 1.92 bits per heavy atom. The van der Waals surface area contributed by atoms with E-state index in [0.29, 0.717) is 0 Å². The average Bonchev–Trinajstić information content (AvgIpc) is 1.82. The van der Waals surface area contributed by atoms with Crippen LogP contribution in [0.3, 0.4) is 0 Å². The van der Waals surface area contributed by atoms with Crippen LogP contribution < -0.4 is 0 Å². The van der Waals surface area contributed by atoms with Gasteiger partial charge in [-0.1, -0.05) is 20.8 Å². The molecule has 1 aromatic rings. The number of halogens is 1. The summed E-state index contributed by atoms with van der Waals surface area (Å²) in [6, 6.07) is 0. The Morgan fingerprint density at radius 3 is 2.25 bits per heavy atom. The summed E-state index contributed by atoms with van der Waals surface area (Å²) in [6.45, 7) is 8.56. The van der Waals surface area contributed by atoms with E-state index in [0.717, 1.165) is 4.60 Å². The molecule has 1 heterocycles. The molecule has 0 atom stereocenters. The van der Waals surface area contributed by atoms with Crippen molar-refractivity contribution in [3.63, 3.8) is 0 Å². The van der Waals surface area contributed by atoms with Crippen LogP contribution in [0.15, 0.2) is 10.8 Å². The fraction of sp³-hybridized carbons (Fsp3) is 0.556. The molecule has 0 aliphatic heterocycles. The molecule has 0 fully saturated rings. The zero-order valence-electron chi connectivity index (χ0n) is 7.85. The highest BCUT2D eigenvalue weighted by atomic mass is 79.9. The van der Waals surface area contributed by atoms with Crippen LogP contribution in [-0.4, -0.2) is 10.2 Å². The Labute approximate surface area is 81.5 Å². The molecule has 66 valence electrons. The van der Waals surface area contributed by atoms with Crippen molar-refractivity contribution < 1.29 is 0 Å². The molecular formula is C9H13BrN2. The van der Waals surface area contributed by atoms with Crippen molar-refractivity contribution in [1.82, 2.24) is 10.2 Å². The Bertz CT molecular complexity index is 269. The van der Waals surface area contributed by atoms with E-state index in [9.17, 15) is 0 Å². The molecule has 0 amide bonds. The van der Waals surface area contributed by atoms with Crippen LogP contribution in [0.5, 0.6) is 0 Å². The van der Waals surface area contributed by atoms with E-state index < -0.39 is 0 Å². The van der Waals surface area contributed by atoms with Crippen molar-refractivity contribution in [2.45, 2.75) is 33.1 Å². The lowest BCUT2D eigenvalue weighted by molar-refractivity contribution is 0.575. The molecule has 2 nitrogen and oxygen atoms in total. The van der Waals surface area contributed by atoms with Crippen molar-refractivity contribution in [3.8, 4) is 0 Å². The van der Waals surface area contributed by atoms with Gasteiger partial charge in [0.1, 0.15) is 4.60 Å². The first kappa shape index (κ1) is 9.65. The van der Waals surface area contributed by atoms with E-state index in [2.05, 4.69) is 53.8 Å². The van der Waals surface area contributed by atoms with Gasteiger partial charge in [0.05, 0.1) is 6.20 Å². The van der Waals surface area contributed by atoms with Crippen molar-refractivity contribution in [1.29, 1.82) is 0 Å². The zero-order valence-corrected chi connectivity index (χ0v) is 9.44. The van der Waals surface area contributed by atoms with E-state index in [-0.39, 0.29) is 5.41 Å². The third-order valence-corrected chi connectivity index (χ3v) is 2.30. The molecule has 3 heteroatoms. The number of hydrogen-bond acceptors (Lipinski definition) is 2. The van der Waals surface area contributed by atoms with Crippen LogP contribution in [0.25, 0.3) is 0 Å². The van der Waals surface area contributed by atoms with Crippen molar-refractivity contribution in [2.24, 2.45) is 0 Å². The predicted octanol–water partition coefficient (Wildman–Crippen LogP) is 2.85. The van der Waals surface area contributed by atoms with Gasteiger partial charge in [-0.2, -0.15) is 5.10 Å². The van der Waals surface area contributed by atoms with Crippen molar-refractivity contribution in [2.75, 3.05) is 0 Å². The number of hydrogen-bond donors (Lipinski definition) is 0. The molecule has 0 saturated carbocycles. The first-order valence-corrected chi connectivity index (χ1v) is 4.70. The highest BCUT2D eigenvalue weighted by Gasteiger charge is 2.20. The first-order valence-electron chi connectivity index (χ1n) is 3.91. The van der Waals surface area contributed by atoms with Gasteiger partial charge in [0, 0.05) is 0 Å². The van der Waals surface area contributed by atoms with E-state index in [1.165, 1.54) is 11.1 Å². The maximum Gasteiger partial charge on any atom is 0.132 e. The van der Waals surface area contributed by atoms with Crippen LogP contribution >= 0.6 is 15.9 Å². The number of aryl methyl sites for hydroxylation is 1. The van der Waals surface area contributed by atoms with E-state index in [1.807, 2.05) is 0 Å². The summed E-state index contributed by atoms with van der Waals surface area (Å²) in [6.07, 6.45) is 1.80. The maximum absolute atomic E-state index is 3.97. The second-order valence-corrected chi connectivity index (χ2v) is 4.69. The second kappa shape index (κ2) is 3.13. The van der Waals surface area contributed by atoms with Gasteiger partial charge < -0.3 is 0 Å². The zero-order chi connectivity index (χ0) is 9.35. The lowest BCUT2D eigenvalue weighted by atomic mass is 9.86. The molecule has 1 rings (SSSR count). The molecule has 0 aromatic carbocycles. The van der Waals surface area contributed by atoms with Gasteiger partial charge in [-0.05, 0) is 39.4 Å². The third-order valence-electron chi connectivity index (χ3n) is 1.75. The summed E-state index contributed by atoms with van der Waals surface area (Å²) in [4.78, 5) is 0. The van der Waals surface area contributed by atoms with E-state index >= 15 is 0 Å². The summed E-state index contributed by atoms with van der Waals surface area (Å²) < 4.78 is 0.856. The monoisotopic (exact) mass is 228 g/mol. The van der Waals surface area contributed by atoms with Gasteiger partial charge in [-0.15, -0.1) is 5.10 Å². The van der Waals surface area contributed by atoms with Gasteiger partial charge in [0.25, 0.3) is 0 Å². The Balaban J connectivity index is 3.31. The Hall–Kier alpha value is -0.440. The van der Waals surface area contributed by atoms with Crippen molar-refractivity contribution >= 4 is 15.9 Å². The molecule has 0 radical (unpaired) electrons. The molecule has 0 saturated heterocycles. The normalized spacial score (nSPS) is 11.8. The second-order valence-electron chi connectivity index (χ2n) is 3.94. The molecular weight excluding hydrogens is 216 g/mol. The lowest BCUT2D eigenvalue weighted by Crippen LogP contribution is -2.15. The molecule has 12 heavy (non-hydrogen) atoms. The van der Waals surface area contributed by atoms with Gasteiger partial charge in [0.15, 0.2) is 0 Å². The smallest absolute Gasteiger partial charge is 0.132 e. The molecule has 0 aliphatic rings. The molecule has 0 spiro atoms. The quantitative estimate of drug-likeness (QED) is 0.683.